The molecule has 0 aliphatic heterocycles. The predicted octanol–water partition coefficient (Wildman–Crippen LogP) is 3.88. The third kappa shape index (κ3) is 6.63. The fourth-order valence-corrected chi connectivity index (χ4v) is 3.31. The molecule has 2 aromatic rings. The second-order valence-electron chi connectivity index (χ2n) is 7.25. The van der Waals surface area contributed by atoms with Crippen LogP contribution in [-0.4, -0.2) is 36.4 Å². The number of benzene rings is 2. The van der Waals surface area contributed by atoms with Crippen molar-refractivity contribution in [3.05, 3.63) is 65.2 Å². The third-order valence-electron chi connectivity index (χ3n) is 4.88. The first-order chi connectivity index (χ1) is 14.0. The van der Waals surface area contributed by atoms with E-state index < -0.39 is 6.04 Å². The monoisotopic (exact) mass is 396 g/mol. The average Bonchev–Trinajstić information content (AvgIpc) is 2.72. The summed E-state index contributed by atoms with van der Waals surface area (Å²) in [5.41, 5.74) is 3.04. The van der Waals surface area contributed by atoms with Crippen molar-refractivity contribution in [3.63, 3.8) is 0 Å². The number of amides is 2. The lowest BCUT2D eigenvalue weighted by Gasteiger charge is -2.31. The summed E-state index contributed by atoms with van der Waals surface area (Å²) in [5.74, 6) is 0.615. The lowest BCUT2D eigenvalue weighted by Crippen LogP contribution is -2.49. The van der Waals surface area contributed by atoms with Gasteiger partial charge in [0.05, 0.1) is 13.5 Å². The molecule has 0 fully saturated rings. The van der Waals surface area contributed by atoms with Crippen LogP contribution in [0.25, 0.3) is 0 Å². The largest absolute Gasteiger partial charge is 0.497 e. The van der Waals surface area contributed by atoms with Crippen LogP contribution in [0.2, 0.25) is 0 Å². The molecule has 2 rings (SSSR count). The molecule has 0 aromatic heterocycles. The first-order valence-electron chi connectivity index (χ1n) is 10.2. The van der Waals surface area contributed by atoms with E-state index in [-0.39, 0.29) is 18.2 Å². The highest BCUT2D eigenvalue weighted by Crippen LogP contribution is 2.18. The van der Waals surface area contributed by atoms with Crippen LogP contribution in [0, 0.1) is 6.92 Å². The molecule has 0 saturated heterocycles. The molecule has 5 heteroatoms. The molecule has 2 amide bonds. The van der Waals surface area contributed by atoms with Gasteiger partial charge in [-0.15, -0.1) is 0 Å². The van der Waals surface area contributed by atoms with Gasteiger partial charge in [0.25, 0.3) is 0 Å². The molecule has 1 N–H and O–H groups in total. The van der Waals surface area contributed by atoms with Crippen LogP contribution in [-0.2, 0) is 22.6 Å². The van der Waals surface area contributed by atoms with Crippen LogP contribution in [0.3, 0.4) is 0 Å². The van der Waals surface area contributed by atoms with E-state index in [2.05, 4.69) is 5.32 Å². The maximum atomic E-state index is 13.3. The summed E-state index contributed by atoms with van der Waals surface area (Å²) in [5, 5.41) is 2.94. The summed E-state index contributed by atoms with van der Waals surface area (Å²) in [6.07, 6.45) is 1.69. The van der Waals surface area contributed by atoms with Gasteiger partial charge >= 0.3 is 0 Å². The molecular weight excluding hydrogens is 364 g/mol. The third-order valence-corrected chi connectivity index (χ3v) is 4.88. The molecule has 0 bridgehead atoms. The lowest BCUT2D eigenvalue weighted by molar-refractivity contribution is -0.140. The maximum absolute atomic E-state index is 13.3. The number of hydrogen-bond acceptors (Lipinski definition) is 3. The molecule has 0 aliphatic rings. The first kappa shape index (κ1) is 22.5. The number of nitrogens with zero attached hydrogens (tertiary/aromatic N) is 1. The molecule has 0 spiro atoms. The highest BCUT2D eigenvalue weighted by Gasteiger charge is 2.28. The molecule has 1 atom stereocenters. The second kappa shape index (κ2) is 11.2. The highest BCUT2D eigenvalue weighted by molar-refractivity contribution is 5.88. The van der Waals surface area contributed by atoms with E-state index >= 15 is 0 Å². The zero-order chi connectivity index (χ0) is 21.2. The fourth-order valence-electron chi connectivity index (χ4n) is 3.31. The molecular formula is C24H32N2O3. The molecule has 0 saturated carbocycles. The summed E-state index contributed by atoms with van der Waals surface area (Å²) in [4.78, 5) is 27.7. The summed E-state index contributed by atoms with van der Waals surface area (Å²) < 4.78 is 5.22. The topological polar surface area (TPSA) is 58.6 Å². The maximum Gasteiger partial charge on any atom is 0.242 e. The lowest BCUT2D eigenvalue weighted by atomic mass is 10.1. The molecule has 0 heterocycles. The average molecular weight is 397 g/mol. The molecule has 0 aliphatic carbocycles. The smallest absolute Gasteiger partial charge is 0.242 e. The number of methoxy groups -OCH3 is 1. The minimum atomic E-state index is -0.499. The zero-order valence-electron chi connectivity index (χ0n) is 17.9. The fraction of sp³-hybridized carbons (Fsp3) is 0.417. The van der Waals surface area contributed by atoms with Crippen molar-refractivity contribution in [3.8, 4) is 5.75 Å². The Morgan fingerprint density at radius 2 is 1.79 bits per heavy atom. The van der Waals surface area contributed by atoms with Gasteiger partial charge in [0.2, 0.25) is 11.8 Å². The van der Waals surface area contributed by atoms with Crippen molar-refractivity contribution < 1.29 is 14.3 Å². The standard InChI is InChI=1S/C24H32N2O3/c1-5-14-25-24(28)22(6-2)26(17-19-10-12-21(29-4)13-11-19)23(27)16-20-9-7-8-18(3)15-20/h7-13,15,22H,5-6,14,16-17H2,1-4H3,(H,25,28)/t22-/m1/s1. The van der Waals surface area contributed by atoms with Gasteiger partial charge in [0.15, 0.2) is 0 Å². The van der Waals surface area contributed by atoms with E-state index in [1.54, 1.807) is 12.0 Å². The Hall–Kier alpha value is -2.82. The summed E-state index contributed by atoms with van der Waals surface area (Å²) in [7, 11) is 1.62. The zero-order valence-corrected chi connectivity index (χ0v) is 17.9. The van der Waals surface area contributed by atoms with Crippen LogP contribution in [0.4, 0.5) is 0 Å². The van der Waals surface area contributed by atoms with Gasteiger partial charge in [0.1, 0.15) is 11.8 Å². The van der Waals surface area contributed by atoms with Crippen LogP contribution < -0.4 is 10.1 Å². The molecule has 5 nitrogen and oxygen atoms in total. The van der Waals surface area contributed by atoms with Crippen molar-refractivity contribution in [2.24, 2.45) is 0 Å². The Balaban J connectivity index is 2.26. The van der Waals surface area contributed by atoms with Gasteiger partial charge < -0.3 is 15.0 Å². The van der Waals surface area contributed by atoms with Crippen molar-refractivity contribution in [2.45, 2.75) is 52.6 Å². The minimum Gasteiger partial charge on any atom is -0.497 e. The van der Waals surface area contributed by atoms with Crippen molar-refractivity contribution >= 4 is 11.8 Å². The molecule has 0 unspecified atom stereocenters. The van der Waals surface area contributed by atoms with Crippen molar-refractivity contribution in [1.29, 1.82) is 0 Å². The number of carbonyl (C=O) groups is 2. The normalized spacial score (nSPS) is 11.6. The van der Waals surface area contributed by atoms with Crippen LogP contribution in [0.5, 0.6) is 5.75 Å². The van der Waals surface area contributed by atoms with E-state index in [0.717, 1.165) is 28.9 Å². The minimum absolute atomic E-state index is 0.0510. The van der Waals surface area contributed by atoms with E-state index in [1.165, 1.54) is 0 Å². The van der Waals surface area contributed by atoms with Gasteiger partial charge in [0, 0.05) is 13.1 Å². The predicted molar refractivity (Wildman–Crippen MR) is 116 cm³/mol. The van der Waals surface area contributed by atoms with E-state index in [1.807, 2.05) is 69.3 Å². The Morgan fingerprint density at radius 3 is 2.38 bits per heavy atom. The number of aryl methyl sites for hydroxylation is 1. The van der Waals surface area contributed by atoms with Crippen LogP contribution in [0.15, 0.2) is 48.5 Å². The summed E-state index contributed by atoms with van der Waals surface area (Å²) >= 11 is 0. The number of rotatable bonds is 10. The van der Waals surface area contributed by atoms with E-state index in [9.17, 15) is 9.59 Å². The van der Waals surface area contributed by atoms with E-state index in [0.29, 0.717) is 19.5 Å². The quantitative estimate of drug-likeness (QED) is 0.663. The number of ether oxygens (including phenoxy) is 1. The molecule has 2 aromatic carbocycles. The summed E-state index contributed by atoms with van der Waals surface area (Å²) in [6, 6.07) is 15.0. The first-order valence-corrected chi connectivity index (χ1v) is 10.2. The van der Waals surface area contributed by atoms with Crippen molar-refractivity contribution in [1.82, 2.24) is 10.2 Å². The van der Waals surface area contributed by atoms with Crippen molar-refractivity contribution in [2.75, 3.05) is 13.7 Å². The Bertz CT molecular complexity index is 802. The van der Waals surface area contributed by atoms with Crippen LogP contribution in [0.1, 0.15) is 43.4 Å². The van der Waals surface area contributed by atoms with Gasteiger partial charge in [-0.3, -0.25) is 9.59 Å². The number of hydrogen-bond donors (Lipinski definition) is 1. The second-order valence-corrected chi connectivity index (χ2v) is 7.25. The van der Waals surface area contributed by atoms with Crippen LogP contribution >= 0.6 is 0 Å². The highest BCUT2D eigenvalue weighted by atomic mass is 16.5. The van der Waals surface area contributed by atoms with E-state index in [4.69, 9.17) is 4.74 Å². The SMILES string of the molecule is CCCNC(=O)[C@@H](CC)N(Cc1ccc(OC)cc1)C(=O)Cc1cccc(C)c1. The number of carbonyl (C=O) groups excluding carboxylic acids is 2. The van der Waals surface area contributed by atoms with Gasteiger partial charge in [-0.25, -0.2) is 0 Å². The number of nitrogens with one attached hydrogen (secondary N) is 1. The molecule has 29 heavy (non-hydrogen) atoms. The molecule has 156 valence electrons. The Kier molecular flexibility index (Phi) is 8.71. The Morgan fingerprint density at radius 1 is 1.07 bits per heavy atom. The molecule has 0 radical (unpaired) electrons. The van der Waals surface area contributed by atoms with Gasteiger partial charge in [-0.05, 0) is 43.0 Å². The summed E-state index contributed by atoms with van der Waals surface area (Å²) in [6.45, 7) is 6.96. The Labute approximate surface area is 174 Å². The van der Waals surface area contributed by atoms with Gasteiger partial charge in [-0.2, -0.15) is 0 Å². The van der Waals surface area contributed by atoms with Gasteiger partial charge in [-0.1, -0.05) is 55.8 Å².